The van der Waals surface area contributed by atoms with E-state index in [2.05, 4.69) is 25.1 Å². The first-order valence-electron chi connectivity index (χ1n) is 6.52. The lowest BCUT2D eigenvalue weighted by Gasteiger charge is -2.08. The predicted octanol–water partition coefficient (Wildman–Crippen LogP) is 3.70. The fourth-order valence-corrected chi connectivity index (χ4v) is 2.57. The zero-order chi connectivity index (χ0) is 14.1. The van der Waals surface area contributed by atoms with E-state index in [9.17, 15) is 9.90 Å². The van der Waals surface area contributed by atoms with Crippen molar-refractivity contribution in [3.8, 4) is 0 Å². The van der Waals surface area contributed by atoms with Gasteiger partial charge in [0.15, 0.2) is 0 Å². The first-order chi connectivity index (χ1) is 9.65. The number of hydrogen-bond donors (Lipinski definition) is 1. The molecule has 1 heterocycles. The van der Waals surface area contributed by atoms with Gasteiger partial charge >= 0.3 is 5.97 Å². The molecule has 0 saturated heterocycles. The van der Waals surface area contributed by atoms with E-state index in [0.29, 0.717) is 12.1 Å². The molecule has 20 heavy (non-hydrogen) atoms. The Bertz CT molecular complexity index is 787. The maximum Gasteiger partial charge on any atom is 0.337 e. The minimum absolute atomic E-state index is 0.347. The van der Waals surface area contributed by atoms with Gasteiger partial charge in [-0.25, -0.2) is 4.79 Å². The quantitative estimate of drug-likeness (QED) is 0.784. The van der Waals surface area contributed by atoms with Crippen LogP contribution in [0.3, 0.4) is 0 Å². The van der Waals surface area contributed by atoms with E-state index in [0.717, 1.165) is 10.9 Å². The van der Waals surface area contributed by atoms with Crippen molar-refractivity contribution < 1.29 is 9.90 Å². The van der Waals surface area contributed by atoms with Crippen molar-refractivity contribution in [2.75, 3.05) is 0 Å². The molecule has 0 unspecified atom stereocenters. The van der Waals surface area contributed by atoms with Crippen LogP contribution in [0.1, 0.15) is 21.5 Å². The third kappa shape index (κ3) is 2.18. The maximum absolute atomic E-state index is 11.4. The van der Waals surface area contributed by atoms with Crippen molar-refractivity contribution in [1.82, 2.24) is 4.57 Å². The lowest BCUT2D eigenvalue weighted by Crippen LogP contribution is -2.04. The molecule has 0 aliphatic rings. The van der Waals surface area contributed by atoms with Gasteiger partial charge in [0.05, 0.1) is 11.1 Å². The zero-order valence-electron chi connectivity index (χ0n) is 11.2. The average molecular weight is 265 g/mol. The molecule has 0 bridgehead atoms. The van der Waals surface area contributed by atoms with Gasteiger partial charge in [0, 0.05) is 18.1 Å². The standard InChI is InChI=1S/C17H15NO2/c1-12-4-2-5-13(10-12)11-18-9-8-14-6-3-7-15(16(14)18)17(19)20/h2-10H,11H2,1H3,(H,19,20). The summed E-state index contributed by atoms with van der Waals surface area (Å²) in [5.74, 6) is -0.889. The van der Waals surface area contributed by atoms with Gasteiger partial charge in [0.25, 0.3) is 0 Å². The number of benzene rings is 2. The zero-order valence-corrected chi connectivity index (χ0v) is 11.2. The number of aryl methyl sites for hydroxylation is 1. The molecule has 0 aliphatic carbocycles. The number of aromatic nitrogens is 1. The van der Waals surface area contributed by atoms with Crippen LogP contribution in [0.25, 0.3) is 10.9 Å². The van der Waals surface area contributed by atoms with Crippen LogP contribution in [0.4, 0.5) is 0 Å². The SMILES string of the molecule is Cc1cccc(Cn2ccc3cccc(C(=O)O)c32)c1. The topological polar surface area (TPSA) is 42.2 Å². The molecule has 3 aromatic rings. The number of carbonyl (C=O) groups is 1. The summed E-state index contributed by atoms with van der Waals surface area (Å²) in [6.07, 6.45) is 1.94. The first kappa shape index (κ1) is 12.5. The van der Waals surface area contributed by atoms with Crippen LogP contribution >= 0.6 is 0 Å². The largest absolute Gasteiger partial charge is 0.478 e. The Morgan fingerprint density at radius 2 is 1.95 bits per heavy atom. The molecule has 0 atom stereocenters. The van der Waals surface area contributed by atoms with E-state index in [1.54, 1.807) is 12.1 Å². The van der Waals surface area contributed by atoms with Crippen LogP contribution in [-0.4, -0.2) is 15.6 Å². The Balaban J connectivity index is 2.10. The summed E-state index contributed by atoms with van der Waals surface area (Å²) in [6, 6.07) is 15.6. The number of nitrogens with zero attached hydrogens (tertiary/aromatic N) is 1. The van der Waals surface area contributed by atoms with Crippen molar-refractivity contribution >= 4 is 16.9 Å². The van der Waals surface area contributed by atoms with Gasteiger partial charge in [-0.3, -0.25) is 0 Å². The van der Waals surface area contributed by atoms with E-state index in [1.807, 2.05) is 29.0 Å². The number of hydrogen-bond acceptors (Lipinski definition) is 1. The summed E-state index contributed by atoms with van der Waals surface area (Å²) < 4.78 is 1.99. The maximum atomic E-state index is 11.4. The predicted molar refractivity (Wildman–Crippen MR) is 79.2 cm³/mol. The Hall–Kier alpha value is -2.55. The first-order valence-corrected chi connectivity index (χ1v) is 6.52. The molecule has 0 aliphatic heterocycles. The summed E-state index contributed by atoms with van der Waals surface area (Å²) in [7, 11) is 0. The summed E-state index contributed by atoms with van der Waals surface area (Å²) in [4.78, 5) is 11.4. The van der Waals surface area contributed by atoms with Crippen LogP contribution < -0.4 is 0 Å². The normalized spacial score (nSPS) is 10.8. The highest BCUT2D eigenvalue weighted by Gasteiger charge is 2.12. The van der Waals surface area contributed by atoms with Crippen LogP contribution in [0.2, 0.25) is 0 Å². The summed E-state index contributed by atoms with van der Waals surface area (Å²) >= 11 is 0. The molecule has 2 aromatic carbocycles. The molecular weight excluding hydrogens is 250 g/mol. The average Bonchev–Trinajstić information content (AvgIpc) is 2.82. The highest BCUT2D eigenvalue weighted by Crippen LogP contribution is 2.21. The summed E-state index contributed by atoms with van der Waals surface area (Å²) in [5, 5.41) is 10.3. The minimum Gasteiger partial charge on any atom is -0.478 e. The monoisotopic (exact) mass is 265 g/mol. The second-order valence-electron chi connectivity index (χ2n) is 4.98. The summed E-state index contributed by atoms with van der Waals surface area (Å²) in [5.41, 5.74) is 3.50. The molecule has 0 fully saturated rings. The highest BCUT2D eigenvalue weighted by molar-refractivity contribution is 6.02. The Labute approximate surface area is 117 Å². The Kier molecular flexibility index (Phi) is 3.03. The van der Waals surface area contributed by atoms with Crippen molar-refractivity contribution in [1.29, 1.82) is 0 Å². The fraction of sp³-hybridized carbons (Fsp3) is 0.118. The molecule has 0 saturated carbocycles. The van der Waals surface area contributed by atoms with Crippen molar-refractivity contribution in [2.45, 2.75) is 13.5 Å². The van der Waals surface area contributed by atoms with E-state index in [-0.39, 0.29) is 0 Å². The van der Waals surface area contributed by atoms with E-state index in [1.165, 1.54) is 11.1 Å². The molecular formula is C17H15NO2. The van der Waals surface area contributed by atoms with Crippen molar-refractivity contribution in [3.63, 3.8) is 0 Å². The lowest BCUT2D eigenvalue weighted by atomic mass is 10.1. The third-order valence-electron chi connectivity index (χ3n) is 3.45. The number of carboxylic acids is 1. The lowest BCUT2D eigenvalue weighted by molar-refractivity contribution is 0.0698. The molecule has 3 heteroatoms. The Morgan fingerprint density at radius 1 is 1.15 bits per heavy atom. The molecule has 3 rings (SSSR count). The molecule has 1 aromatic heterocycles. The smallest absolute Gasteiger partial charge is 0.337 e. The fourth-order valence-electron chi connectivity index (χ4n) is 2.57. The van der Waals surface area contributed by atoms with Gasteiger partial charge in [-0.1, -0.05) is 42.0 Å². The van der Waals surface area contributed by atoms with E-state index >= 15 is 0 Å². The number of fused-ring (bicyclic) bond motifs is 1. The number of carboxylic acid groups (broad SMARTS) is 1. The second-order valence-corrected chi connectivity index (χ2v) is 4.98. The van der Waals surface area contributed by atoms with Crippen LogP contribution in [-0.2, 0) is 6.54 Å². The van der Waals surface area contributed by atoms with E-state index < -0.39 is 5.97 Å². The van der Waals surface area contributed by atoms with Gasteiger partial charge in [-0.05, 0) is 24.6 Å². The van der Waals surface area contributed by atoms with Crippen molar-refractivity contribution in [2.24, 2.45) is 0 Å². The van der Waals surface area contributed by atoms with Crippen LogP contribution in [0, 0.1) is 6.92 Å². The van der Waals surface area contributed by atoms with E-state index in [4.69, 9.17) is 0 Å². The summed E-state index contributed by atoms with van der Waals surface area (Å²) in [6.45, 7) is 2.73. The van der Waals surface area contributed by atoms with Gasteiger partial charge in [0.2, 0.25) is 0 Å². The molecule has 3 nitrogen and oxygen atoms in total. The second kappa shape index (κ2) is 4.85. The van der Waals surface area contributed by atoms with Crippen LogP contribution in [0.5, 0.6) is 0 Å². The van der Waals surface area contributed by atoms with Gasteiger partial charge in [0.1, 0.15) is 0 Å². The number of aromatic carboxylic acids is 1. The molecule has 0 amide bonds. The highest BCUT2D eigenvalue weighted by atomic mass is 16.4. The molecule has 100 valence electrons. The van der Waals surface area contributed by atoms with Crippen LogP contribution in [0.15, 0.2) is 54.7 Å². The molecule has 1 N–H and O–H groups in total. The number of para-hydroxylation sites is 1. The van der Waals surface area contributed by atoms with Gasteiger partial charge in [-0.2, -0.15) is 0 Å². The number of rotatable bonds is 3. The molecule has 0 radical (unpaired) electrons. The van der Waals surface area contributed by atoms with Gasteiger partial charge < -0.3 is 9.67 Å². The minimum atomic E-state index is -0.889. The molecule has 0 spiro atoms. The van der Waals surface area contributed by atoms with Gasteiger partial charge in [-0.15, -0.1) is 0 Å². The third-order valence-corrected chi connectivity index (χ3v) is 3.45. The van der Waals surface area contributed by atoms with Crippen molar-refractivity contribution in [3.05, 3.63) is 71.4 Å². The Morgan fingerprint density at radius 3 is 2.70 bits per heavy atom.